The smallest absolute Gasteiger partial charge is 0.228 e. The molecule has 1 fully saturated rings. The Bertz CT molecular complexity index is 436. The fourth-order valence-corrected chi connectivity index (χ4v) is 3.05. The molecule has 8 heteroatoms. The molecule has 0 aliphatic carbocycles. The Kier molecular flexibility index (Phi) is 4.66. The Labute approximate surface area is 119 Å². The monoisotopic (exact) mass is 306 g/mol. The van der Waals surface area contributed by atoms with Crippen LogP contribution in [0.1, 0.15) is 0 Å². The minimum absolute atomic E-state index is 0.286. The van der Waals surface area contributed by atoms with Crippen LogP contribution in [0.4, 0.5) is 5.95 Å². The topological polar surface area (TPSA) is 58.1 Å². The number of hydrogen-bond donors (Lipinski definition) is 1. The normalized spacial score (nSPS) is 19.9. The van der Waals surface area contributed by atoms with Gasteiger partial charge in [0.2, 0.25) is 5.95 Å². The molecule has 5 nitrogen and oxygen atoms in total. The largest absolute Gasteiger partial charge is 0.328 e. The molecule has 1 aromatic heterocycles. The zero-order valence-electron chi connectivity index (χ0n) is 9.69. The highest BCUT2D eigenvalue weighted by Crippen LogP contribution is 2.31. The summed E-state index contributed by atoms with van der Waals surface area (Å²) in [6, 6.07) is -0.286. The van der Waals surface area contributed by atoms with E-state index in [9.17, 15) is 4.79 Å². The second-order valence-electron chi connectivity index (χ2n) is 3.74. The summed E-state index contributed by atoms with van der Waals surface area (Å²) in [6.07, 6.45) is 2.73. The quantitative estimate of drug-likeness (QED) is 0.519. The van der Waals surface area contributed by atoms with E-state index in [1.54, 1.807) is 0 Å². The van der Waals surface area contributed by atoms with Gasteiger partial charge in [-0.1, -0.05) is 23.2 Å². The molecule has 0 radical (unpaired) electrons. The van der Waals surface area contributed by atoms with Gasteiger partial charge < -0.3 is 15.0 Å². The predicted molar refractivity (Wildman–Crippen MR) is 73.9 cm³/mol. The van der Waals surface area contributed by atoms with Crippen LogP contribution in [0.15, 0.2) is 4.90 Å². The van der Waals surface area contributed by atoms with Gasteiger partial charge in [0, 0.05) is 19.6 Å². The van der Waals surface area contributed by atoms with Crippen molar-refractivity contribution >= 4 is 47.2 Å². The van der Waals surface area contributed by atoms with Gasteiger partial charge in [0.25, 0.3) is 0 Å². The van der Waals surface area contributed by atoms with Crippen molar-refractivity contribution < 1.29 is 4.79 Å². The standard InChI is InChI=1S/C10H12Cl2N4OS/c1-18-7-8(11)14-10(15-9(7)12)16-3-2-13-4-6(16)5-17/h5-6,13H,2-4H2,1H3. The molecule has 1 unspecified atom stereocenters. The number of carbonyl (C=O) groups is 1. The van der Waals surface area contributed by atoms with E-state index < -0.39 is 0 Å². The van der Waals surface area contributed by atoms with Gasteiger partial charge in [-0.05, 0) is 6.26 Å². The molecule has 18 heavy (non-hydrogen) atoms. The predicted octanol–water partition coefficient (Wildman–Crippen LogP) is 1.48. The van der Waals surface area contributed by atoms with Crippen molar-refractivity contribution in [1.29, 1.82) is 0 Å². The minimum Gasteiger partial charge on any atom is -0.328 e. The van der Waals surface area contributed by atoms with E-state index in [0.29, 0.717) is 34.2 Å². The first-order valence-electron chi connectivity index (χ1n) is 5.37. The molecule has 98 valence electrons. The Balaban J connectivity index is 2.35. The van der Waals surface area contributed by atoms with Crippen molar-refractivity contribution in [2.24, 2.45) is 0 Å². The average Bonchev–Trinajstić information content (AvgIpc) is 2.38. The second kappa shape index (κ2) is 6.06. The number of piperazine rings is 1. The third kappa shape index (κ3) is 2.71. The molecule has 1 aliphatic heterocycles. The number of anilines is 1. The lowest BCUT2D eigenvalue weighted by Crippen LogP contribution is -2.52. The van der Waals surface area contributed by atoms with Crippen molar-refractivity contribution in [1.82, 2.24) is 15.3 Å². The third-order valence-corrected chi connectivity index (χ3v) is 4.24. The van der Waals surface area contributed by atoms with Crippen LogP contribution in [0.3, 0.4) is 0 Å². The molecular weight excluding hydrogens is 295 g/mol. The number of nitrogens with one attached hydrogen (secondary N) is 1. The summed E-state index contributed by atoms with van der Waals surface area (Å²) in [6.45, 7) is 1.99. The van der Waals surface area contributed by atoms with Crippen LogP contribution in [0, 0.1) is 0 Å². The Morgan fingerprint density at radius 1 is 1.44 bits per heavy atom. The van der Waals surface area contributed by atoms with Crippen LogP contribution >= 0.6 is 35.0 Å². The number of hydrogen-bond acceptors (Lipinski definition) is 6. The van der Waals surface area contributed by atoms with Crippen molar-refractivity contribution in [2.75, 3.05) is 30.8 Å². The highest BCUT2D eigenvalue weighted by molar-refractivity contribution is 7.98. The SMILES string of the molecule is CSc1c(Cl)nc(N2CCNCC2C=O)nc1Cl. The van der Waals surface area contributed by atoms with E-state index in [1.165, 1.54) is 11.8 Å². The van der Waals surface area contributed by atoms with Crippen molar-refractivity contribution in [2.45, 2.75) is 10.9 Å². The summed E-state index contributed by atoms with van der Waals surface area (Å²) >= 11 is 13.5. The molecule has 0 saturated carbocycles. The maximum Gasteiger partial charge on any atom is 0.228 e. The Hall–Kier alpha value is -0.560. The lowest BCUT2D eigenvalue weighted by molar-refractivity contribution is -0.109. The van der Waals surface area contributed by atoms with Gasteiger partial charge in [-0.25, -0.2) is 0 Å². The number of carbonyl (C=O) groups excluding carboxylic acids is 1. The van der Waals surface area contributed by atoms with E-state index in [4.69, 9.17) is 23.2 Å². The Morgan fingerprint density at radius 3 is 2.67 bits per heavy atom. The molecule has 2 heterocycles. The first-order valence-corrected chi connectivity index (χ1v) is 7.35. The van der Waals surface area contributed by atoms with Crippen LogP contribution in [-0.2, 0) is 4.79 Å². The van der Waals surface area contributed by atoms with Gasteiger partial charge in [0.1, 0.15) is 16.6 Å². The zero-order chi connectivity index (χ0) is 13.1. The van der Waals surface area contributed by atoms with Gasteiger partial charge >= 0.3 is 0 Å². The number of halogens is 2. The summed E-state index contributed by atoms with van der Waals surface area (Å²) < 4.78 is 0. The van der Waals surface area contributed by atoms with E-state index in [-0.39, 0.29) is 6.04 Å². The van der Waals surface area contributed by atoms with E-state index in [0.717, 1.165) is 12.8 Å². The molecule has 1 atom stereocenters. The van der Waals surface area contributed by atoms with Gasteiger partial charge in [-0.3, -0.25) is 0 Å². The van der Waals surface area contributed by atoms with Gasteiger partial charge in [0.15, 0.2) is 0 Å². The van der Waals surface area contributed by atoms with Crippen molar-refractivity contribution in [3.05, 3.63) is 10.3 Å². The lowest BCUT2D eigenvalue weighted by atomic mass is 10.2. The fourth-order valence-electron chi connectivity index (χ4n) is 1.78. The average molecular weight is 307 g/mol. The molecule has 1 N–H and O–H groups in total. The molecule has 1 aliphatic rings. The zero-order valence-corrected chi connectivity index (χ0v) is 12.0. The van der Waals surface area contributed by atoms with Crippen LogP contribution in [0.25, 0.3) is 0 Å². The van der Waals surface area contributed by atoms with Crippen LogP contribution in [-0.4, -0.2) is 48.2 Å². The fraction of sp³-hybridized carbons (Fsp3) is 0.500. The summed E-state index contributed by atoms with van der Waals surface area (Å²) in [5, 5.41) is 3.78. The minimum atomic E-state index is -0.286. The molecule has 0 bridgehead atoms. The van der Waals surface area contributed by atoms with Crippen LogP contribution in [0.2, 0.25) is 10.3 Å². The van der Waals surface area contributed by atoms with Gasteiger partial charge in [-0.15, -0.1) is 11.8 Å². The van der Waals surface area contributed by atoms with Crippen molar-refractivity contribution in [3.63, 3.8) is 0 Å². The summed E-state index contributed by atoms with van der Waals surface area (Å²) in [5.74, 6) is 0.404. The van der Waals surface area contributed by atoms with Crippen LogP contribution in [0.5, 0.6) is 0 Å². The lowest BCUT2D eigenvalue weighted by Gasteiger charge is -2.33. The summed E-state index contributed by atoms with van der Waals surface area (Å²) in [7, 11) is 0. The van der Waals surface area contributed by atoms with E-state index in [2.05, 4.69) is 15.3 Å². The highest BCUT2D eigenvalue weighted by Gasteiger charge is 2.25. The van der Waals surface area contributed by atoms with Gasteiger partial charge in [-0.2, -0.15) is 9.97 Å². The molecule has 2 rings (SSSR count). The van der Waals surface area contributed by atoms with E-state index in [1.807, 2.05) is 11.2 Å². The maximum atomic E-state index is 11.0. The van der Waals surface area contributed by atoms with Crippen LogP contribution < -0.4 is 10.2 Å². The van der Waals surface area contributed by atoms with Gasteiger partial charge in [0.05, 0.1) is 10.9 Å². The molecule has 0 spiro atoms. The molecule has 0 amide bonds. The highest BCUT2D eigenvalue weighted by atomic mass is 35.5. The second-order valence-corrected chi connectivity index (χ2v) is 5.27. The number of nitrogens with zero attached hydrogens (tertiary/aromatic N) is 3. The molecule has 1 saturated heterocycles. The van der Waals surface area contributed by atoms with Crippen molar-refractivity contribution in [3.8, 4) is 0 Å². The first-order chi connectivity index (χ1) is 8.67. The third-order valence-electron chi connectivity index (χ3n) is 2.67. The molecular formula is C10H12Cl2N4OS. The number of aldehydes is 1. The summed E-state index contributed by atoms with van der Waals surface area (Å²) in [5.41, 5.74) is 0. The molecule has 0 aromatic carbocycles. The number of aromatic nitrogens is 2. The first kappa shape index (κ1) is 13.9. The Morgan fingerprint density at radius 2 is 2.11 bits per heavy atom. The molecule has 1 aromatic rings. The van der Waals surface area contributed by atoms with E-state index >= 15 is 0 Å². The number of rotatable bonds is 3. The number of thioether (sulfide) groups is 1. The summed E-state index contributed by atoms with van der Waals surface area (Å²) in [4.78, 5) is 21.9. The maximum absolute atomic E-state index is 11.0.